The van der Waals surface area contributed by atoms with Crippen LogP contribution in [-0.2, 0) is 27.2 Å². The molecule has 186 valence electrons. The van der Waals surface area contributed by atoms with Crippen LogP contribution in [-0.4, -0.2) is 48.3 Å². The Morgan fingerprint density at radius 1 is 1.12 bits per heavy atom. The lowest BCUT2D eigenvalue weighted by Crippen LogP contribution is -2.50. The first-order valence-corrected chi connectivity index (χ1v) is 12.7. The second kappa shape index (κ2) is 9.87. The molecule has 0 aromatic heterocycles. The number of hydrogen-bond acceptors (Lipinski definition) is 4. The Kier molecular flexibility index (Phi) is 7.70. The Balaban J connectivity index is 1.67. The lowest BCUT2D eigenvalue weighted by molar-refractivity contribution is -0.141. The summed E-state index contributed by atoms with van der Waals surface area (Å²) >= 11 is 5.85. The van der Waals surface area contributed by atoms with Crippen LogP contribution in [0.5, 0.6) is 0 Å². The number of alkyl halides is 3. The number of carbonyl (C=O) groups is 1. The minimum absolute atomic E-state index is 0.130. The molecule has 10 heteroatoms. The number of amides is 1. The molecule has 0 spiro atoms. The number of aliphatic hydroxyl groups is 1. The van der Waals surface area contributed by atoms with E-state index in [0.29, 0.717) is 23.9 Å². The summed E-state index contributed by atoms with van der Waals surface area (Å²) in [6, 6.07) is 10.6. The number of benzene rings is 2. The molecule has 1 fully saturated rings. The highest BCUT2D eigenvalue weighted by Gasteiger charge is 2.45. The van der Waals surface area contributed by atoms with Crippen LogP contribution in [0.25, 0.3) is 0 Å². The minimum atomic E-state index is -4.64. The van der Waals surface area contributed by atoms with Crippen molar-refractivity contribution in [2.75, 3.05) is 13.1 Å². The predicted octanol–water partition coefficient (Wildman–Crippen LogP) is 4.75. The van der Waals surface area contributed by atoms with Crippen LogP contribution in [0.15, 0.2) is 53.4 Å². The fraction of sp³-hybridized carbons (Fsp3) is 0.458. The summed E-state index contributed by atoms with van der Waals surface area (Å²) in [7, 11) is -4.08. The molecule has 2 aromatic carbocycles. The van der Waals surface area contributed by atoms with Crippen LogP contribution in [0.4, 0.5) is 13.2 Å². The normalized spacial score (nSPS) is 17.0. The number of halogens is 4. The van der Waals surface area contributed by atoms with Crippen LogP contribution in [0.2, 0.25) is 5.02 Å². The molecule has 5 nitrogen and oxygen atoms in total. The SMILES string of the molecule is CC(C)(C1CCN(C(=O)[C@@H](O)Cc2ccc(Cl)cc2)CC1)S(=O)(=O)c1cccc(C(F)(F)F)c1. The molecule has 0 unspecified atom stereocenters. The van der Waals surface area contributed by atoms with Crippen molar-refractivity contribution in [3.63, 3.8) is 0 Å². The zero-order chi connectivity index (χ0) is 25.3. The molecule has 0 bridgehead atoms. The maximum Gasteiger partial charge on any atom is 0.416 e. The number of rotatable bonds is 6. The lowest BCUT2D eigenvalue weighted by atomic mass is 9.85. The molecule has 34 heavy (non-hydrogen) atoms. The summed E-state index contributed by atoms with van der Waals surface area (Å²) in [5.74, 6) is -0.809. The van der Waals surface area contributed by atoms with Gasteiger partial charge in [0.05, 0.1) is 15.2 Å². The molecule has 1 heterocycles. The highest BCUT2D eigenvalue weighted by atomic mass is 35.5. The van der Waals surface area contributed by atoms with E-state index in [-0.39, 0.29) is 30.3 Å². The van der Waals surface area contributed by atoms with E-state index in [0.717, 1.165) is 17.7 Å². The number of aliphatic hydroxyl groups excluding tert-OH is 1. The van der Waals surface area contributed by atoms with Gasteiger partial charge in [-0.2, -0.15) is 13.2 Å². The molecule has 1 saturated heterocycles. The summed E-state index contributed by atoms with van der Waals surface area (Å²) in [6.07, 6.45) is -5.05. The quantitative estimate of drug-likeness (QED) is 0.600. The van der Waals surface area contributed by atoms with E-state index < -0.39 is 38.3 Å². The summed E-state index contributed by atoms with van der Waals surface area (Å²) < 4.78 is 64.5. The van der Waals surface area contributed by atoms with E-state index in [1.165, 1.54) is 24.8 Å². The first-order valence-electron chi connectivity index (χ1n) is 10.9. The monoisotopic (exact) mass is 517 g/mol. The number of nitrogens with zero attached hydrogens (tertiary/aromatic N) is 1. The molecular weight excluding hydrogens is 491 g/mol. The van der Waals surface area contributed by atoms with Crippen molar-refractivity contribution >= 4 is 27.3 Å². The molecule has 1 amide bonds. The lowest BCUT2D eigenvalue weighted by Gasteiger charge is -2.40. The third-order valence-corrected chi connectivity index (χ3v) is 9.43. The van der Waals surface area contributed by atoms with E-state index in [4.69, 9.17) is 11.6 Å². The van der Waals surface area contributed by atoms with Gasteiger partial charge < -0.3 is 10.0 Å². The third-order valence-electron chi connectivity index (χ3n) is 6.58. The predicted molar refractivity (Wildman–Crippen MR) is 123 cm³/mol. The minimum Gasteiger partial charge on any atom is -0.383 e. The van der Waals surface area contributed by atoms with Gasteiger partial charge in [0.15, 0.2) is 9.84 Å². The van der Waals surface area contributed by atoms with Crippen molar-refractivity contribution in [3.05, 3.63) is 64.7 Å². The van der Waals surface area contributed by atoms with Gasteiger partial charge in [-0.05, 0) is 68.5 Å². The fourth-order valence-electron chi connectivity index (χ4n) is 4.30. The second-order valence-electron chi connectivity index (χ2n) is 9.08. The first kappa shape index (κ1) is 26.5. The van der Waals surface area contributed by atoms with Gasteiger partial charge in [0, 0.05) is 24.5 Å². The van der Waals surface area contributed by atoms with Crippen LogP contribution in [0, 0.1) is 5.92 Å². The van der Waals surface area contributed by atoms with Crippen molar-refractivity contribution < 1.29 is 31.5 Å². The van der Waals surface area contributed by atoms with E-state index in [2.05, 4.69) is 0 Å². The molecular formula is C24H27ClF3NO4S. The summed E-state index contributed by atoms with van der Waals surface area (Å²) in [5.41, 5.74) is -0.257. The molecule has 1 aliphatic rings. The van der Waals surface area contributed by atoms with Crippen LogP contribution < -0.4 is 0 Å². The molecule has 2 aromatic rings. The van der Waals surface area contributed by atoms with Gasteiger partial charge in [0.1, 0.15) is 6.10 Å². The molecule has 1 atom stereocenters. The van der Waals surface area contributed by atoms with Gasteiger partial charge in [0.25, 0.3) is 5.91 Å². The van der Waals surface area contributed by atoms with Gasteiger partial charge >= 0.3 is 6.18 Å². The Morgan fingerprint density at radius 3 is 2.26 bits per heavy atom. The molecule has 0 radical (unpaired) electrons. The number of sulfone groups is 1. The number of hydrogen-bond donors (Lipinski definition) is 1. The molecule has 0 saturated carbocycles. The van der Waals surface area contributed by atoms with Gasteiger partial charge in [-0.1, -0.05) is 29.8 Å². The van der Waals surface area contributed by atoms with Crippen molar-refractivity contribution in [2.45, 2.75) is 55.0 Å². The fourth-order valence-corrected chi connectivity index (χ4v) is 6.25. The van der Waals surface area contributed by atoms with E-state index >= 15 is 0 Å². The van der Waals surface area contributed by atoms with Gasteiger partial charge in [-0.25, -0.2) is 8.42 Å². The van der Waals surface area contributed by atoms with E-state index in [1.54, 1.807) is 24.3 Å². The number of carbonyl (C=O) groups excluding carboxylic acids is 1. The molecule has 0 aliphatic carbocycles. The standard InChI is InChI=1S/C24H27ClF3NO4S/c1-23(2,34(32,33)20-5-3-4-18(15-20)24(26,27)28)17-10-12-29(13-11-17)22(31)21(30)14-16-6-8-19(25)9-7-16/h3-9,15,17,21,30H,10-14H2,1-2H3/t21-/m0/s1. The van der Waals surface area contributed by atoms with Crippen LogP contribution in [0.3, 0.4) is 0 Å². The van der Waals surface area contributed by atoms with Gasteiger partial charge in [0.2, 0.25) is 0 Å². The summed E-state index contributed by atoms with van der Waals surface area (Å²) in [4.78, 5) is 13.8. The topological polar surface area (TPSA) is 74.7 Å². The largest absolute Gasteiger partial charge is 0.416 e. The van der Waals surface area contributed by atoms with E-state index in [9.17, 15) is 31.5 Å². The Hall–Kier alpha value is -2.10. The molecule has 3 rings (SSSR count). The second-order valence-corrected chi connectivity index (χ2v) is 12.0. The Morgan fingerprint density at radius 2 is 1.71 bits per heavy atom. The smallest absolute Gasteiger partial charge is 0.383 e. The van der Waals surface area contributed by atoms with Crippen molar-refractivity contribution in [3.8, 4) is 0 Å². The first-order chi connectivity index (χ1) is 15.7. The third kappa shape index (κ3) is 5.58. The average Bonchev–Trinajstić information content (AvgIpc) is 2.79. The summed E-state index contributed by atoms with van der Waals surface area (Å²) in [5, 5.41) is 10.9. The van der Waals surface area contributed by atoms with Crippen LogP contribution in [0.1, 0.15) is 37.8 Å². The van der Waals surface area contributed by atoms with Crippen LogP contribution >= 0.6 is 11.6 Å². The van der Waals surface area contributed by atoms with E-state index in [1.807, 2.05) is 0 Å². The van der Waals surface area contributed by atoms with Gasteiger partial charge in [-0.3, -0.25) is 4.79 Å². The van der Waals surface area contributed by atoms with Crippen molar-refractivity contribution in [1.29, 1.82) is 0 Å². The Bertz CT molecular complexity index is 1130. The number of piperidine rings is 1. The Labute approximate surface area is 202 Å². The zero-order valence-corrected chi connectivity index (χ0v) is 20.4. The maximum absolute atomic E-state index is 13.3. The highest BCUT2D eigenvalue weighted by Crippen LogP contribution is 2.39. The van der Waals surface area contributed by atoms with Crippen molar-refractivity contribution in [2.24, 2.45) is 5.92 Å². The summed E-state index contributed by atoms with van der Waals surface area (Å²) in [6.45, 7) is 3.53. The molecule has 1 N–H and O–H groups in total. The zero-order valence-electron chi connectivity index (χ0n) is 18.8. The van der Waals surface area contributed by atoms with Gasteiger partial charge in [-0.15, -0.1) is 0 Å². The average molecular weight is 518 g/mol. The molecule has 1 aliphatic heterocycles. The van der Waals surface area contributed by atoms with Crippen molar-refractivity contribution in [1.82, 2.24) is 4.90 Å². The number of likely N-dealkylation sites (tertiary alicyclic amines) is 1. The maximum atomic E-state index is 13.3. The highest BCUT2D eigenvalue weighted by molar-refractivity contribution is 7.92.